The van der Waals surface area contributed by atoms with Crippen molar-refractivity contribution in [3.05, 3.63) is 52.3 Å². The van der Waals surface area contributed by atoms with Gasteiger partial charge in [-0.1, -0.05) is 26.0 Å². The highest BCUT2D eigenvalue weighted by molar-refractivity contribution is 5.67. The molecule has 1 N–H and O–H groups in total. The van der Waals surface area contributed by atoms with Crippen molar-refractivity contribution in [2.24, 2.45) is 5.92 Å². The van der Waals surface area contributed by atoms with Crippen LogP contribution in [0.2, 0.25) is 0 Å². The Hall–Kier alpha value is -2.54. The number of H-pyrrole nitrogens is 1. The highest BCUT2D eigenvalue weighted by atomic mass is 16.5. The molecular formula is C16H16N2O2. The smallest absolute Gasteiger partial charge is 0.266 e. The molecule has 0 radical (unpaired) electrons. The average Bonchev–Trinajstić information content (AvgIpc) is 2.45. The number of benzene rings is 1. The van der Waals surface area contributed by atoms with Gasteiger partial charge in [0, 0.05) is 5.56 Å². The van der Waals surface area contributed by atoms with Gasteiger partial charge in [0.1, 0.15) is 17.4 Å². The molecule has 20 heavy (non-hydrogen) atoms. The van der Waals surface area contributed by atoms with E-state index < -0.39 is 0 Å². The van der Waals surface area contributed by atoms with E-state index >= 15 is 0 Å². The predicted octanol–water partition coefficient (Wildman–Crippen LogP) is 2.95. The number of aromatic amines is 1. The fraction of sp³-hybridized carbons (Fsp3) is 0.250. The van der Waals surface area contributed by atoms with Gasteiger partial charge in [0.25, 0.3) is 5.56 Å². The van der Waals surface area contributed by atoms with Gasteiger partial charge in [0.15, 0.2) is 0 Å². The van der Waals surface area contributed by atoms with Crippen LogP contribution >= 0.6 is 0 Å². The van der Waals surface area contributed by atoms with Crippen LogP contribution in [-0.2, 0) is 0 Å². The van der Waals surface area contributed by atoms with E-state index in [4.69, 9.17) is 10.00 Å². The Kier molecular flexibility index (Phi) is 4.21. The summed E-state index contributed by atoms with van der Waals surface area (Å²) in [7, 11) is 0. The van der Waals surface area contributed by atoms with E-state index in [0.717, 1.165) is 11.3 Å². The number of nitrogens with one attached hydrogen (secondary N) is 1. The zero-order chi connectivity index (χ0) is 14.5. The van der Waals surface area contributed by atoms with E-state index in [-0.39, 0.29) is 11.1 Å². The quantitative estimate of drug-likeness (QED) is 0.927. The Balaban J connectivity index is 2.40. The second-order valence-corrected chi connectivity index (χ2v) is 4.93. The molecule has 0 aliphatic carbocycles. The van der Waals surface area contributed by atoms with Crippen molar-refractivity contribution < 1.29 is 4.74 Å². The van der Waals surface area contributed by atoms with Crippen LogP contribution in [0.15, 0.2) is 41.2 Å². The van der Waals surface area contributed by atoms with Crippen molar-refractivity contribution in [2.45, 2.75) is 13.8 Å². The molecule has 0 unspecified atom stereocenters. The predicted molar refractivity (Wildman–Crippen MR) is 77.5 cm³/mol. The molecule has 1 aromatic heterocycles. The van der Waals surface area contributed by atoms with Crippen LogP contribution in [0.5, 0.6) is 5.75 Å². The minimum atomic E-state index is -0.385. The van der Waals surface area contributed by atoms with E-state index in [9.17, 15) is 4.79 Å². The van der Waals surface area contributed by atoms with Crippen LogP contribution < -0.4 is 10.3 Å². The van der Waals surface area contributed by atoms with Gasteiger partial charge in [-0.25, -0.2) is 0 Å². The van der Waals surface area contributed by atoms with Gasteiger partial charge >= 0.3 is 0 Å². The Morgan fingerprint density at radius 3 is 2.65 bits per heavy atom. The molecule has 0 amide bonds. The van der Waals surface area contributed by atoms with Crippen LogP contribution in [0.4, 0.5) is 0 Å². The fourth-order valence-corrected chi connectivity index (χ4v) is 1.79. The van der Waals surface area contributed by atoms with Crippen molar-refractivity contribution in [2.75, 3.05) is 6.61 Å². The van der Waals surface area contributed by atoms with Crippen molar-refractivity contribution in [1.82, 2.24) is 4.98 Å². The summed E-state index contributed by atoms with van der Waals surface area (Å²) in [4.78, 5) is 14.4. The number of nitrogens with zero attached hydrogens (tertiary/aromatic N) is 1. The normalized spacial score (nSPS) is 10.3. The number of rotatable bonds is 4. The SMILES string of the molecule is CC(C)COc1ccccc1-c1ccc(C#N)c(=O)[nH]1. The Bertz CT molecular complexity index is 696. The van der Waals surface area contributed by atoms with E-state index in [1.165, 1.54) is 6.07 Å². The van der Waals surface area contributed by atoms with Crippen LogP contribution in [-0.4, -0.2) is 11.6 Å². The minimum absolute atomic E-state index is 0.106. The van der Waals surface area contributed by atoms with Gasteiger partial charge in [-0.3, -0.25) is 4.79 Å². The highest BCUT2D eigenvalue weighted by Crippen LogP contribution is 2.28. The number of nitriles is 1. The first-order valence-electron chi connectivity index (χ1n) is 6.47. The van der Waals surface area contributed by atoms with E-state index in [2.05, 4.69) is 18.8 Å². The standard InChI is InChI=1S/C16H16N2O2/c1-11(2)10-20-15-6-4-3-5-13(15)14-8-7-12(9-17)16(19)18-14/h3-8,11H,10H2,1-2H3,(H,18,19). The molecular weight excluding hydrogens is 252 g/mol. The molecule has 1 heterocycles. The first-order chi connectivity index (χ1) is 9.61. The molecule has 4 nitrogen and oxygen atoms in total. The summed E-state index contributed by atoms with van der Waals surface area (Å²) in [6.07, 6.45) is 0. The lowest BCUT2D eigenvalue weighted by Gasteiger charge is -2.13. The van der Waals surface area contributed by atoms with Gasteiger partial charge in [-0.2, -0.15) is 5.26 Å². The van der Waals surface area contributed by atoms with Crippen LogP contribution in [0.3, 0.4) is 0 Å². The van der Waals surface area contributed by atoms with Gasteiger partial charge < -0.3 is 9.72 Å². The molecule has 0 aliphatic heterocycles. The lowest BCUT2D eigenvalue weighted by atomic mass is 10.1. The summed E-state index contributed by atoms with van der Waals surface area (Å²) < 4.78 is 5.76. The third kappa shape index (κ3) is 3.07. The lowest BCUT2D eigenvalue weighted by Crippen LogP contribution is -2.11. The summed E-state index contributed by atoms with van der Waals surface area (Å²) in [6, 6.07) is 12.6. The minimum Gasteiger partial charge on any atom is -0.493 e. The number of ether oxygens (including phenoxy) is 1. The Labute approximate surface area is 117 Å². The molecule has 2 aromatic rings. The fourth-order valence-electron chi connectivity index (χ4n) is 1.79. The van der Waals surface area contributed by atoms with Gasteiger partial charge in [0.05, 0.1) is 12.3 Å². The number of para-hydroxylation sites is 1. The maximum atomic E-state index is 11.7. The molecule has 0 spiro atoms. The third-order valence-corrected chi connectivity index (χ3v) is 2.78. The summed E-state index contributed by atoms with van der Waals surface area (Å²) >= 11 is 0. The van der Waals surface area contributed by atoms with Crippen LogP contribution in [0, 0.1) is 17.2 Å². The zero-order valence-electron chi connectivity index (χ0n) is 11.5. The molecule has 0 fully saturated rings. The Morgan fingerprint density at radius 2 is 2.00 bits per heavy atom. The maximum Gasteiger partial charge on any atom is 0.266 e. The molecule has 0 bridgehead atoms. The summed E-state index contributed by atoms with van der Waals surface area (Å²) in [6.45, 7) is 4.76. The van der Waals surface area contributed by atoms with E-state index in [1.54, 1.807) is 6.07 Å². The molecule has 0 aliphatic rings. The topological polar surface area (TPSA) is 65.9 Å². The number of hydrogen-bond donors (Lipinski definition) is 1. The van der Waals surface area contributed by atoms with E-state index in [0.29, 0.717) is 18.2 Å². The molecule has 0 saturated heterocycles. The largest absolute Gasteiger partial charge is 0.493 e. The molecule has 2 rings (SSSR count). The molecule has 4 heteroatoms. The van der Waals surface area contributed by atoms with Crippen molar-refractivity contribution in [3.8, 4) is 23.1 Å². The molecule has 0 saturated carbocycles. The van der Waals surface area contributed by atoms with Gasteiger partial charge in [-0.05, 0) is 30.2 Å². The van der Waals surface area contributed by atoms with Gasteiger partial charge in [0.2, 0.25) is 0 Å². The summed E-state index contributed by atoms with van der Waals surface area (Å²) in [5.74, 6) is 1.14. The number of pyridine rings is 1. The molecule has 0 atom stereocenters. The number of hydrogen-bond acceptors (Lipinski definition) is 3. The second-order valence-electron chi connectivity index (χ2n) is 4.93. The van der Waals surface area contributed by atoms with Gasteiger partial charge in [-0.15, -0.1) is 0 Å². The van der Waals surface area contributed by atoms with E-state index in [1.807, 2.05) is 30.3 Å². The number of aromatic nitrogens is 1. The molecule has 1 aromatic carbocycles. The maximum absolute atomic E-state index is 11.7. The monoisotopic (exact) mass is 268 g/mol. The van der Waals surface area contributed by atoms with Crippen molar-refractivity contribution in [3.63, 3.8) is 0 Å². The average molecular weight is 268 g/mol. The van der Waals surface area contributed by atoms with Crippen molar-refractivity contribution in [1.29, 1.82) is 5.26 Å². The van der Waals surface area contributed by atoms with Crippen LogP contribution in [0.25, 0.3) is 11.3 Å². The summed E-state index contributed by atoms with van der Waals surface area (Å²) in [5, 5.41) is 8.79. The van der Waals surface area contributed by atoms with Crippen molar-refractivity contribution >= 4 is 0 Å². The zero-order valence-corrected chi connectivity index (χ0v) is 11.5. The first-order valence-corrected chi connectivity index (χ1v) is 6.47. The lowest BCUT2D eigenvalue weighted by molar-refractivity contribution is 0.272. The second kappa shape index (κ2) is 6.07. The first kappa shape index (κ1) is 13.9. The molecule has 102 valence electrons. The third-order valence-electron chi connectivity index (χ3n) is 2.78. The summed E-state index contributed by atoms with van der Waals surface area (Å²) in [5.41, 5.74) is 1.18. The van der Waals surface area contributed by atoms with Crippen LogP contribution in [0.1, 0.15) is 19.4 Å². The Morgan fingerprint density at radius 1 is 1.25 bits per heavy atom. The highest BCUT2D eigenvalue weighted by Gasteiger charge is 2.08.